The van der Waals surface area contributed by atoms with Gasteiger partial charge in [-0.1, -0.05) is 47.7 Å². The van der Waals surface area contributed by atoms with E-state index >= 15 is 0 Å². The highest BCUT2D eigenvalue weighted by Gasteiger charge is 2.13. The van der Waals surface area contributed by atoms with Gasteiger partial charge in [0.15, 0.2) is 0 Å². The van der Waals surface area contributed by atoms with Gasteiger partial charge in [-0.2, -0.15) is 0 Å². The van der Waals surface area contributed by atoms with Gasteiger partial charge in [0.1, 0.15) is 6.10 Å². The first kappa shape index (κ1) is 11.9. The van der Waals surface area contributed by atoms with Gasteiger partial charge in [-0.3, -0.25) is 0 Å². The lowest BCUT2D eigenvalue weighted by Gasteiger charge is -2.10. The molecule has 3 aromatic rings. The number of nitrogens with zero attached hydrogens (tertiary/aromatic N) is 3. The number of rotatable bonds is 3. The summed E-state index contributed by atoms with van der Waals surface area (Å²) in [5.41, 5.74) is 1.83. The zero-order chi connectivity index (χ0) is 13.2. The SMILES string of the molecule is Cn1nncc1C(O)Cc1ccc2ccccc2c1. The van der Waals surface area contributed by atoms with Crippen molar-refractivity contribution in [1.82, 2.24) is 15.0 Å². The molecule has 1 N–H and O–H groups in total. The second-order valence-electron chi connectivity index (χ2n) is 4.68. The average molecular weight is 253 g/mol. The molecule has 1 heterocycles. The molecule has 19 heavy (non-hydrogen) atoms. The molecule has 3 rings (SSSR count). The highest BCUT2D eigenvalue weighted by molar-refractivity contribution is 5.82. The number of hydrogen-bond acceptors (Lipinski definition) is 3. The zero-order valence-electron chi connectivity index (χ0n) is 10.7. The molecule has 1 aromatic heterocycles. The van der Waals surface area contributed by atoms with Gasteiger partial charge in [0, 0.05) is 13.5 Å². The molecule has 1 unspecified atom stereocenters. The molecule has 0 fully saturated rings. The van der Waals surface area contributed by atoms with E-state index in [-0.39, 0.29) is 0 Å². The summed E-state index contributed by atoms with van der Waals surface area (Å²) in [6, 6.07) is 14.5. The monoisotopic (exact) mass is 253 g/mol. The van der Waals surface area contributed by atoms with E-state index in [1.807, 2.05) is 12.1 Å². The first-order chi connectivity index (χ1) is 9.24. The number of aryl methyl sites for hydroxylation is 1. The summed E-state index contributed by atoms with van der Waals surface area (Å²) < 4.78 is 1.60. The minimum Gasteiger partial charge on any atom is -0.386 e. The molecule has 0 spiro atoms. The van der Waals surface area contributed by atoms with Crippen molar-refractivity contribution >= 4 is 10.8 Å². The maximum atomic E-state index is 10.2. The predicted octanol–water partition coefficient (Wildman–Crippen LogP) is 2.24. The van der Waals surface area contributed by atoms with Gasteiger partial charge in [0.05, 0.1) is 11.9 Å². The standard InChI is InChI=1S/C15H15N3O/c1-18-14(10-16-17-18)15(19)9-11-6-7-12-4-2-3-5-13(12)8-11/h2-8,10,15,19H,9H2,1H3. The fourth-order valence-corrected chi connectivity index (χ4v) is 2.29. The summed E-state index contributed by atoms with van der Waals surface area (Å²) >= 11 is 0. The van der Waals surface area contributed by atoms with Crippen molar-refractivity contribution in [3.05, 3.63) is 59.9 Å². The predicted molar refractivity (Wildman–Crippen MR) is 73.6 cm³/mol. The second-order valence-corrected chi connectivity index (χ2v) is 4.68. The first-order valence-corrected chi connectivity index (χ1v) is 6.24. The van der Waals surface area contributed by atoms with Crippen LogP contribution in [-0.4, -0.2) is 20.1 Å². The lowest BCUT2D eigenvalue weighted by Crippen LogP contribution is -2.07. The van der Waals surface area contributed by atoms with Crippen LogP contribution in [0.15, 0.2) is 48.7 Å². The van der Waals surface area contributed by atoms with E-state index in [1.165, 1.54) is 10.8 Å². The van der Waals surface area contributed by atoms with E-state index in [9.17, 15) is 5.11 Å². The van der Waals surface area contributed by atoms with Crippen molar-refractivity contribution in [3.8, 4) is 0 Å². The summed E-state index contributed by atoms with van der Waals surface area (Å²) in [7, 11) is 1.78. The van der Waals surface area contributed by atoms with E-state index in [2.05, 4.69) is 40.6 Å². The molecule has 0 saturated carbocycles. The van der Waals surface area contributed by atoms with E-state index < -0.39 is 6.10 Å². The Balaban J connectivity index is 1.87. The summed E-state index contributed by atoms with van der Waals surface area (Å²) in [4.78, 5) is 0. The van der Waals surface area contributed by atoms with Crippen LogP contribution in [0, 0.1) is 0 Å². The lowest BCUT2D eigenvalue weighted by molar-refractivity contribution is 0.168. The Labute approximate surface area is 111 Å². The van der Waals surface area contributed by atoms with Crippen molar-refractivity contribution < 1.29 is 5.11 Å². The van der Waals surface area contributed by atoms with E-state index in [4.69, 9.17) is 0 Å². The van der Waals surface area contributed by atoms with Crippen LogP contribution in [0.5, 0.6) is 0 Å². The Kier molecular flexibility index (Phi) is 3.01. The largest absolute Gasteiger partial charge is 0.386 e. The fraction of sp³-hybridized carbons (Fsp3) is 0.200. The van der Waals surface area contributed by atoms with Gasteiger partial charge in [0.2, 0.25) is 0 Å². The average Bonchev–Trinajstić information content (AvgIpc) is 2.85. The highest BCUT2D eigenvalue weighted by atomic mass is 16.3. The Morgan fingerprint density at radius 1 is 1.16 bits per heavy atom. The molecule has 1 atom stereocenters. The summed E-state index contributed by atoms with van der Waals surface area (Å²) in [6.45, 7) is 0. The van der Waals surface area contributed by atoms with Crippen LogP contribution < -0.4 is 0 Å². The molecule has 4 nitrogen and oxygen atoms in total. The molecule has 0 aliphatic carbocycles. The fourth-order valence-electron chi connectivity index (χ4n) is 2.29. The van der Waals surface area contributed by atoms with Gasteiger partial charge in [0.25, 0.3) is 0 Å². The summed E-state index contributed by atoms with van der Waals surface area (Å²) in [6.07, 6.45) is 1.58. The Morgan fingerprint density at radius 3 is 2.68 bits per heavy atom. The van der Waals surface area contributed by atoms with E-state index in [1.54, 1.807) is 17.9 Å². The molecule has 2 aromatic carbocycles. The lowest BCUT2D eigenvalue weighted by atomic mass is 10.0. The van der Waals surface area contributed by atoms with Crippen molar-refractivity contribution in [2.75, 3.05) is 0 Å². The molecule has 4 heteroatoms. The molecule has 0 radical (unpaired) electrons. The van der Waals surface area contributed by atoms with Gasteiger partial charge in [-0.05, 0) is 16.3 Å². The van der Waals surface area contributed by atoms with Crippen LogP contribution in [0.1, 0.15) is 17.4 Å². The molecule has 0 bridgehead atoms. The minimum atomic E-state index is -0.582. The molecular weight excluding hydrogens is 238 g/mol. The number of hydrogen-bond donors (Lipinski definition) is 1. The van der Waals surface area contributed by atoms with Gasteiger partial charge >= 0.3 is 0 Å². The van der Waals surface area contributed by atoms with Gasteiger partial charge in [-0.15, -0.1) is 5.10 Å². The highest BCUT2D eigenvalue weighted by Crippen LogP contribution is 2.20. The topological polar surface area (TPSA) is 50.9 Å². The van der Waals surface area contributed by atoms with Crippen molar-refractivity contribution in [2.45, 2.75) is 12.5 Å². The minimum absolute atomic E-state index is 0.562. The van der Waals surface area contributed by atoms with E-state index in [0.717, 1.165) is 11.3 Å². The first-order valence-electron chi connectivity index (χ1n) is 6.24. The zero-order valence-corrected chi connectivity index (χ0v) is 10.7. The third-order valence-corrected chi connectivity index (χ3v) is 3.33. The maximum Gasteiger partial charge on any atom is 0.101 e. The molecule has 0 aliphatic heterocycles. The molecule has 0 aliphatic rings. The van der Waals surface area contributed by atoms with Crippen LogP contribution in [0.25, 0.3) is 10.8 Å². The number of aliphatic hydroxyl groups excluding tert-OH is 1. The summed E-state index contributed by atoms with van der Waals surface area (Å²) in [5.74, 6) is 0. The number of aliphatic hydroxyl groups is 1. The maximum absolute atomic E-state index is 10.2. The number of aromatic nitrogens is 3. The van der Waals surface area contributed by atoms with Crippen molar-refractivity contribution in [3.63, 3.8) is 0 Å². The van der Waals surface area contributed by atoms with Gasteiger partial charge in [-0.25, -0.2) is 4.68 Å². The van der Waals surface area contributed by atoms with Crippen LogP contribution in [0.3, 0.4) is 0 Å². The van der Waals surface area contributed by atoms with Crippen molar-refractivity contribution in [2.24, 2.45) is 7.05 Å². The smallest absolute Gasteiger partial charge is 0.101 e. The Morgan fingerprint density at radius 2 is 1.95 bits per heavy atom. The molecular formula is C15H15N3O. The Hall–Kier alpha value is -2.20. The van der Waals surface area contributed by atoms with Crippen LogP contribution in [-0.2, 0) is 13.5 Å². The van der Waals surface area contributed by atoms with Crippen molar-refractivity contribution in [1.29, 1.82) is 0 Å². The number of fused-ring (bicyclic) bond motifs is 1. The Bertz CT molecular complexity index is 705. The normalized spacial score (nSPS) is 12.7. The molecule has 0 amide bonds. The van der Waals surface area contributed by atoms with Crippen LogP contribution >= 0.6 is 0 Å². The van der Waals surface area contributed by atoms with Crippen LogP contribution in [0.2, 0.25) is 0 Å². The van der Waals surface area contributed by atoms with Gasteiger partial charge < -0.3 is 5.11 Å². The van der Waals surface area contributed by atoms with Crippen LogP contribution in [0.4, 0.5) is 0 Å². The summed E-state index contributed by atoms with van der Waals surface area (Å²) in [5, 5.41) is 20.2. The third kappa shape index (κ3) is 2.35. The third-order valence-electron chi connectivity index (χ3n) is 3.33. The quantitative estimate of drug-likeness (QED) is 0.779. The molecule has 0 saturated heterocycles. The second kappa shape index (κ2) is 4.82. The number of benzene rings is 2. The molecule has 96 valence electrons. The van der Waals surface area contributed by atoms with E-state index in [0.29, 0.717) is 6.42 Å².